The normalized spacial score (nSPS) is 18.9. The number of hydrogen-bond donors (Lipinski definition) is 2. The van der Waals surface area contributed by atoms with Crippen LogP contribution in [-0.4, -0.2) is 28.7 Å². The van der Waals surface area contributed by atoms with Crippen molar-refractivity contribution in [3.8, 4) is 0 Å². The minimum Gasteiger partial charge on any atom is -0.339 e. The molecule has 1 aromatic heterocycles. The molecule has 1 atom stereocenters. The van der Waals surface area contributed by atoms with Crippen molar-refractivity contribution < 1.29 is 14.4 Å². The van der Waals surface area contributed by atoms with Gasteiger partial charge in [-0.1, -0.05) is 19.9 Å². The van der Waals surface area contributed by atoms with E-state index in [9.17, 15) is 14.4 Å². The maximum Gasteiger partial charge on any atom is 0.270 e. The van der Waals surface area contributed by atoms with Gasteiger partial charge in [-0.3, -0.25) is 24.7 Å². The molecule has 0 spiro atoms. The lowest BCUT2D eigenvalue weighted by atomic mass is 10.0. The van der Waals surface area contributed by atoms with E-state index in [-0.39, 0.29) is 18.0 Å². The van der Waals surface area contributed by atoms with E-state index in [1.807, 2.05) is 19.9 Å². The van der Waals surface area contributed by atoms with Crippen molar-refractivity contribution in [3.05, 3.63) is 29.6 Å². The molecule has 1 aromatic rings. The van der Waals surface area contributed by atoms with Crippen molar-refractivity contribution in [2.24, 2.45) is 0 Å². The Bertz CT molecular complexity index is 537. The maximum absolute atomic E-state index is 12.0. The number of amides is 3. The Morgan fingerprint density at radius 1 is 1.40 bits per heavy atom. The molecule has 106 valence electrons. The van der Waals surface area contributed by atoms with Crippen LogP contribution in [0.4, 0.5) is 0 Å². The van der Waals surface area contributed by atoms with E-state index >= 15 is 0 Å². The van der Waals surface area contributed by atoms with Crippen LogP contribution in [0.2, 0.25) is 0 Å². The first-order chi connectivity index (χ1) is 9.47. The molecule has 0 aromatic carbocycles. The summed E-state index contributed by atoms with van der Waals surface area (Å²) in [5.41, 5.74) is 1.31. The predicted octanol–water partition coefficient (Wildman–Crippen LogP) is 0.740. The second-order valence-electron chi connectivity index (χ2n) is 5.11. The standard InChI is InChI=1S/C14H17N3O3/c1-8(2)9-3-4-10(15-7-9)13(19)16-11-5-6-12(18)17-14(11)20/h3-4,7-8,11H,5-6H2,1-2H3,(H,16,19)(H,17,18,20)/t11-/m0/s1. The molecule has 20 heavy (non-hydrogen) atoms. The number of nitrogens with one attached hydrogen (secondary N) is 2. The fourth-order valence-electron chi connectivity index (χ4n) is 1.94. The topological polar surface area (TPSA) is 88.2 Å². The summed E-state index contributed by atoms with van der Waals surface area (Å²) in [5, 5.41) is 4.79. The summed E-state index contributed by atoms with van der Waals surface area (Å²) in [5.74, 6) is -0.835. The predicted molar refractivity (Wildman–Crippen MR) is 72.0 cm³/mol. The Hall–Kier alpha value is -2.24. The molecule has 1 saturated heterocycles. The van der Waals surface area contributed by atoms with Gasteiger partial charge >= 0.3 is 0 Å². The smallest absolute Gasteiger partial charge is 0.270 e. The van der Waals surface area contributed by atoms with Crippen molar-refractivity contribution in [3.63, 3.8) is 0 Å². The lowest BCUT2D eigenvalue weighted by Crippen LogP contribution is -2.52. The third kappa shape index (κ3) is 3.20. The van der Waals surface area contributed by atoms with Gasteiger partial charge in [-0.05, 0) is 24.0 Å². The van der Waals surface area contributed by atoms with Gasteiger partial charge in [0.1, 0.15) is 11.7 Å². The van der Waals surface area contributed by atoms with Crippen LogP contribution in [0.5, 0.6) is 0 Å². The van der Waals surface area contributed by atoms with Crippen LogP contribution < -0.4 is 10.6 Å². The van der Waals surface area contributed by atoms with Crippen LogP contribution >= 0.6 is 0 Å². The number of nitrogens with zero attached hydrogens (tertiary/aromatic N) is 1. The molecule has 0 unspecified atom stereocenters. The van der Waals surface area contributed by atoms with Gasteiger partial charge < -0.3 is 5.32 Å². The van der Waals surface area contributed by atoms with Crippen molar-refractivity contribution in [1.82, 2.24) is 15.6 Å². The highest BCUT2D eigenvalue weighted by Gasteiger charge is 2.28. The SMILES string of the molecule is CC(C)c1ccc(C(=O)N[C@H]2CCC(=O)NC2=O)nc1. The van der Waals surface area contributed by atoms with Crippen molar-refractivity contribution >= 4 is 17.7 Å². The monoisotopic (exact) mass is 275 g/mol. The molecule has 1 aliphatic heterocycles. The lowest BCUT2D eigenvalue weighted by Gasteiger charge is -2.21. The Labute approximate surface area is 117 Å². The fraction of sp³-hybridized carbons (Fsp3) is 0.429. The van der Waals surface area contributed by atoms with Crippen molar-refractivity contribution in [2.75, 3.05) is 0 Å². The van der Waals surface area contributed by atoms with Gasteiger partial charge in [0.05, 0.1) is 0 Å². The van der Waals surface area contributed by atoms with Crippen LogP contribution in [0.25, 0.3) is 0 Å². The number of imide groups is 1. The van der Waals surface area contributed by atoms with Gasteiger partial charge in [0.2, 0.25) is 11.8 Å². The lowest BCUT2D eigenvalue weighted by molar-refractivity contribution is -0.134. The van der Waals surface area contributed by atoms with Gasteiger partial charge in [0, 0.05) is 12.6 Å². The second-order valence-corrected chi connectivity index (χ2v) is 5.11. The molecule has 2 heterocycles. The summed E-state index contributed by atoms with van der Waals surface area (Å²) in [6.07, 6.45) is 2.21. The third-order valence-corrected chi connectivity index (χ3v) is 3.23. The highest BCUT2D eigenvalue weighted by atomic mass is 16.2. The minimum absolute atomic E-state index is 0.233. The molecule has 0 bridgehead atoms. The summed E-state index contributed by atoms with van der Waals surface area (Å²) in [7, 11) is 0. The molecular weight excluding hydrogens is 258 g/mol. The maximum atomic E-state index is 12.0. The Kier molecular flexibility index (Phi) is 4.12. The number of pyridine rings is 1. The molecule has 1 aliphatic rings. The number of carbonyl (C=O) groups excluding carboxylic acids is 3. The molecular formula is C14H17N3O3. The van der Waals surface area contributed by atoms with Gasteiger partial charge in [-0.2, -0.15) is 0 Å². The van der Waals surface area contributed by atoms with Crippen LogP contribution in [0.15, 0.2) is 18.3 Å². The van der Waals surface area contributed by atoms with Gasteiger partial charge in [-0.25, -0.2) is 0 Å². The van der Waals surface area contributed by atoms with E-state index in [4.69, 9.17) is 0 Å². The van der Waals surface area contributed by atoms with Gasteiger partial charge in [0.15, 0.2) is 0 Å². The molecule has 3 amide bonds. The van der Waals surface area contributed by atoms with Gasteiger partial charge in [-0.15, -0.1) is 0 Å². The van der Waals surface area contributed by atoms with Crippen LogP contribution in [0, 0.1) is 0 Å². The molecule has 0 aliphatic carbocycles. The van der Waals surface area contributed by atoms with Crippen LogP contribution in [-0.2, 0) is 9.59 Å². The molecule has 1 fully saturated rings. The number of aromatic nitrogens is 1. The van der Waals surface area contributed by atoms with E-state index in [2.05, 4.69) is 15.6 Å². The Balaban J connectivity index is 2.01. The number of piperidine rings is 1. The quantitative estimate of drug-likeness (QED) is 0.796. The first-order valence-electron chi connectivity index (χ1n) is 6.58. The van der Waals surface area contributed by atoms with Crippen molar-refractivity contribution in [2.45, 2.75) is 38.6 Å². The molecule has 0 radical (unpaired) electrons. The summed E-state index contributed by atoms with van der Waals surface area (Å²) in [4.78, 5) is 38.6. The highest BCUT2D eigenvalue weighted by Crippen LogP contribution is 2.13. The third-order valence-electron chi connectivity index (χ3n) is 3.23. The molecule has 2 rings (SSSR count). The summed E-state index contributed by atoms with van der Waals surface area (Å²) in [6, 6.07) is 2.81. The largest absolute Gasteiger partial charge is 0.339 e. The Morgan fingerprint density at radius 3 is 2.70 bits per heavy atom. The second kappa shape index (κ2) is 5.81. The Morgan fingerprint density at radius 2 is 2.15 bits per heavy atom. The summed E-state index contributed by atoms with van der Waals surface area (Å²) >= 11 is 0. The fourth-order valence-corrected chi connectivity index (χ4v) is 1.94. The highest BCUT2D eigenvalue weighted by molar-refractivity contribution is 6.03. The van der Waals surface area contributed by atoms with E-state index in [0.29, 0.717) is 12.3 Å². The van der Waals surface area contributed by atoms with E-state index in [0.717, 1.165) is 5.56 Å². The van der Waals surface area contributed by atoms with E-state index in [1.165, 1.54) is 0 Å². The minimum atomic E-state index is -0.674. The number of hydrogen-bond acceptors (Lipinski definition) is 4. The summed E-state index contributed by atoms with van der Waals surface area (Å²) < 4.78 is 0. The van der Waals surface area contributed by atoms with Crippen molar-refractivity contribution in [1.29, 1.82) is 0 Å². The summed E-state index contributed by atoms with van der Waals surface area (Å²) in [6.45, 7) is 4.08. The number of carbonyl (C=O) groups is 3. The first-order valence-corrected chi connectivity index (χ1v) is 6.58. The zero-order valence-electron chi connectivity index (χ0n) is 11.5. The zero-order valence-corrected chi connectivity index (χ0v) is 11.5. The van der Waals surface area contributed by atoms with E-state index in [1.54, 1.807) is 12.3 Å². The first kappa shape index (κ1) is 14.2. The number of rotatable bonds is 3. The molecule has 6 heteroatoms. The average Bonchev–Trinajstić information content (AvgIpc) is 2.42. The zero-order chi connectivity index (χ0) is 14.7. The average molecular weight is 275 g/mol. The molecule has 2 N–H and O–H groups in total. The molecule has 6 nitrogen and oxygen atoms in total. The molecule has 0 saturated carbocycles. The van der Waals surface area contributed by atoms with E-state index < -0.39 is 17.9 Å². The van der Waals surface area contributed by atoms with Crippen LogP contribution in [0.1, 0.15) is 48.7 Å². The van der Waals surface area contributed by atoms with Crippen LogP contribution in [0.3, 0.4) is 0 Å². The van der Waals surface area contributed by atoms with Gasteiger partial charge in [0.25, 0.3) is 5.91 Å².